The number of H-pyrrole nitrogens is 1. The summed E-state index contributed by atoms with van der Waals surface area (Å²) >= 11 is 0. The van der Waals surface area contributed by atoms with E-state index in [2.05, 4.69) is 20.6 Å². The Morgan fingerprint density at radius 3 is 2.46 bits per heavy atom. The van der Waals surface area contributed by atoms with Crippen molar-refractivity contribution in [3.63, 3.8) is 0 Å². The van der Waals surface area contributed by atoms with Crippen LogP contribution in [0.5, 0.6) is 0 Å². The number of rotatable bonds is 6. The number of imidazole rings is 1. The SMILES string of the molecule is CCC(=O)c1nc[nH]c1C(=O)NC1CCC(C(=O)Nc2ccc(F)cc2)CC1. The van der Waals surface area contributed by atoms with Crippen LogP contribution in [0.15, 0.2) is 30.6 Å². The van der Waals surface area contributed by atoms with Crippen LogP contribution in [0.1, 0.15) is 60.0 Å². The molecule has 1 heterocycles. The molecule has 3 rings (SSSR count). The zero-order chi connectivity index (χ0) is 20.1. The number of nitrogens with one attached hydrogen (secondary N) is 3. The first-order valence-electron chi connectivity index (χ1n) is 9.41. The first-order valence-corrected chi connectivity index (χ1v) is 9.41. The number of hydrogen-bond donors (Lipinski definition) is 3. The van der Waals surface area contributed by atoms with Gasteiger partial charge in [0.25, 0.3) is 5.91 Å². The molecule has 0 saturated heterocycles. The highest BCUT2D eigenvalue weighted by Crippen LogP contribution is 2.26. The van der Waals surface area contributed by atoms with Gasteiger partial charge in [0.05, 0.1) is 6.33 Å². The van der Waals surface area contributed by atoms with Crippen molar-refractivity contribution in [1.29, 1.82) is 0 Å². The van der Waals surface area contributed by atoms with E-state index >= 15 is 0 Å². The number of ketones is 1. The van der Waals surface area contributed by atoms with Crippen molar-refractivity contribution in [2.45, 2.75) is 45.1 Å². The molecule has 0 unspecified atom stereocenters. The van der Waals surface area contributed by atoms with Gasteiger partial charge in [-0.25, -0.2) is 9.37 Å². The number of benzene rings is 1. The molecule has 1 aromatic heterocycles. The van der Waals surface area contributed by atoms with Gasteiger partial charge in [0, 0.05) is 24.1 Å². The van der Waals surface area contributed by atoms with Crippen molar-refractivity contribution in [2.75, 3.05) is 5.32 Å². The summed E-state index contributed by atoms with van der Waals surface area (Å²) in [4.78, 5) is 43.4. The number of aromatic amines is 1. The standard InChI is InChI=1S/C20H23FN4O3/c1-2-16(26)17-18(23-11-22-17)20(28)25-14-7-3-12(4-8-14)19(27)24-15-9-5-13(21)6-10-15/h5-6,9-12,14H,2-4,7-8H2,1H3,(H,22,23)(H,24,27)(H,25,28). The quantitative estimate of drug-likeness (QED) is 0.664. The van der Waals surface area contributed by atoms with Gasteiger partial charge in [-0.1, -0.05) is 6.92 Å². The van der Waals surface area contributed by atoms with Crippen LogP contribution in [-0.2, 0) is 4.79 Å². The lowest BCUT2D eigenvalue weighted by Crippen LogP contribution is -2.40. The third-order valence-electron chi connectivity index (χ3n) is 5.00. The van der Waals surface area contributed by atoms with Gasteiger partial charge in [-0.15, -0.1) is 0 Å². The summed E-state index contributed by atoms with van der Waals surface area (Å²) in [6, 6.07) is 5.59. The second-order valence-electron chi connectivity index (χ2n) is 6.92. The van der Waals surface area contributed by atoms with Crippen LogP contribution in [0.4, 0.5) is 10.1 Å². The van der Waals surface area contributed by atoms with Crippen molar-refractivity contribution in [3.8, 4) is 0 Å². The third kappa shape index (κ3) is 4.62. The van der Waals surface area contributed by atoms with E-state index in [0.717, 1.165) is 0 Å². The minimum atomic E-state index is -0.353. The average Bonchev–Trinajstić information content (AvgIpc) is 3.19. The van der Waals surface area contributed by atoms with E-state index in [1.807, 2.05) is 0 Å². The summed E-state index contributed by atoms with van der Waals surface area (Å²) in [5.74, 6) is -1.14. The van der Waals surface area contributed by atoms with Crippen molar-refractivity contribution >= 4 is 23.3 Å². The van der Waals surface area contributed by atoms with Crippen molar-refractivity contribution < 1.29 is 18.8 Å². The number of carbonyl (C=O) groups is 3. The maximum Gasteiger partial charge on any atom is 0.270 e. The molecule has 0 radical (unpaired) electrons. The minimum absolute atomic E-state index is 0.0600. The molecule has 1 aliphatic carbocycles. The minimum Gasteiger partial charge on any atom is -0.348 e. The lowest BCUT2D eigenvalue weighted by atomic mass is 9.85. The van der Waals surface area contributed by atoms with E-state index in [4.69, 9.17) is 0 Å². The fraction of sp³-hybridized carbons (Fsp3) is 0.400. The fourth-order valence-corrected chi connectivity index (χ4v) is 3.38. The Morgan fingerprint density at radius 2 is 1.82 bits per heavy atom. The molecule has 0 atom stereocenters. The Labute approximate surface area is 162 Å². The average molecular weight is 386 g/mol. The number of halogens is 1. The summed E-state index contributed by atoms with van der Waals surface area (Å²) in [5, 5.41) is 5.72. The van der Waals surface area contributed by atoms with Crippen molar-refractivity contribution in [2.24, 2.45) is 5.92 Å². The highest BCUT2D eigenvalue weighted by Gasteiger charge is 2.28. The van der Waals surface area contributed by atoms with Gasteiger partial charge in [-0.2, -0.15) is 0 Å². The molecular formula is C20H23FN4O3. The molecule has 2 aromatic rings. The molecule has 8 heteroatoms. The Balaban J connectivity index is 1.50. The largest absolute Gasteiger partial charge is 0.348 e. The Kier molecular flexibility index (Phi) is 6.18. The molecule has 1 saturated carbocycles. The molecule has 0 spiro atoms. The zero-order valence-electron chi connectivity index (χ0n) is 15.6. The highest BCUT2D eigenvalue weighted by atomic mass is 19.1. The number of anilines is 1. The number of Topliss-reactive ketones (excluding diaryl/α,β-unsaturated/α-hetero) is 1. The maximum atomic E-state index is 12.9. The van der Waals surface area contributed by atoms with Gasteiger partial charge in [0.1, 0.15) is 17.2 Å². The van der Waals surface area contributed by atoms with E-state index in [1.165, 1.54) is 30.6 Å². The van der Waals surface area contributed by atoms with Gasteiger partial charge >= 0.3 is 0 Å². The van der Waals surface area contributed by atoms with Crippen LogP contribution in [0.3, 0.4) is 0 Å². The van der Waals surface area contributed by atoms with Crippen LogP contribution in [0.2, 0.25) is 0 Å². The first kappa shape index (κ1) is 19.7. The summed E-state index contributed by atoms with van der Waals surface area (Å²) < 4.78 is 12.9. The van der Waals surface area contributed by atoms with Gasteiger partial charge < -0.3 is 15.6 Å². The predicted molar refractivity (Wildman–Crippen MR) is 101 cm³/mol. The van der Waals surface area contributed by atoms with E-state index in [1.54, 1.807) is 6.92 Å². The molecule has 2 amide bonds. The molecule has 7 nitrogen and oxygen atoms in total. The molecule has 0 aliphatic heterocycles. The van der Waals surface area contributed by atoms with Crippen molar-refractivity contribution in [3.05, 3.63) is 47.8 Å². The smallest absolute Gasteiger partial charge is 0.270 e. The second-order valence-corrected chi connectivity index (χ2v) is 6.92. The molecule has 28 heavy (non-hydrogen) atoms. The van der Waals surface area contributed by atoms with Crippen LogP contribution in [0, 0.1) is 11.7 Å². The highest BCUT2D eigenvalue weighted by molar-refractivity contribution is 6.05. The number of carbonyl (C=O) groups excluding carboxylic acids is 3. The van der Waals surface area contributed by atoms with Crippen LogP contribution in [-0.4, -0.2) is 33.6 Å². The number of hydrogen-bond acceptors (Lipinski definition) is 4. The summed E-state index contributed by atoms with van der Waals surface area (Å²) in [7, 11) is 0. The third-order valence-corrected chi connectivity index (χ3v) is 5.00. The Morgan fingerprint density at radius 1 is 1.14 bits per heavy atom. The summed E-state index contributed by atoms with van der Waals surface area (Å²) in [6.45, 7) is 1.72. The molecule has 1 fully saturated rings. The summed E-state index contributed by atoms with van der Waals surface area (Å²) in [5.41, 5.74) is 0.907. The van der Waals surface area contributed by atoms with Crippen LogP contribution >= 0.6 is 0 Å². The Hall–Kier alpha value is -3.03. The lowest BCUT2D eigenvalue weighted by molar-refractivity contribution is -0.120. The number of aromatic nitrogens is 2. The topological polar surface area (TPSA) is 104 Å². The monoisotopic (exact) mass is 386 g/mol. The molecule has 3 N–H and O–H groups in total. The van der Waals surface area contributed by atoms with Gasteiger partial charge in [0.2, 0.25) is 5.91 Å². The second kappa shape index (κ2) is 8.77. The molecule has 148 valence electrons. The van der Waals surface area contributed by atoms with Gasteiger partial charge in [-0.05, 0) is 49.9 Å². The maximum absolute atomic E-state index is 12.9. The fourth-order valence-electron chi connectivity index (χ4n) is 3.38. The summed E-state index contributed by atoms with van der Waals surface area (Å²) in [6.07, 6.45) is 4.23. The molecule has 1 aliphatic rings. The Bertz CT molecular complexity index is 855. The zero-order valence-corrected chi connectivity index (χ0v) is 15.6. The predicted octanol–water partition coefficient (Wildman–Crippen LogP) is 3.07. The van der Waals surface area contributed by atoms with Crippen LogP contribution < -0.4 is 10.6 Å². The lowest BCUT2D eigenvalue weighted by Gasteiger charge is -2.28. The molecule has 0 bridgehead atoms. The van der Waals surface area contributed by atoms with E-state index < -0.39 is 0 Å². The number of amides is 2. The molecule has 1 aromatic carbocycles. The normalized spacial score (nSPS) is 19.1. The van der Waals surface area contributed by atoms with E-state index in [9.17, 15) is 18.8 Å². The van der Waals surface area contributed by atoms with Gasteiger partial charge in [0.15, 0.2) is 5.78 Å². The van der Waals surface area contributed by atoms with E-state index in [-0.39, 0.29) is 53.2 Å². The number of nitrogens with zero attached hydrogens (tertiary/aromatic N) is 1. The van der Waals surface area contributed by atoms with Gasteiger partial charge in [-0.3, -0.25) is 14.4 Å². The molecular weight excluding hydrogens is 363 g/mol. The van der Waals surface area contributed by atoms with Crippen LogP contribution in [0.25, 0.3) is 0 Å². The van der Waals surface area contributed by atoms with Crippen molar-refractivity contribution in [1.82, 2.24) is 15.3 Å². The van der Waals surface area contributed by atoms with E-state index in [0.29, 0.717) is 31.4 Å². The first-order chi connectivity index (χ1) is 13.5.